The zero-order valence-electron chi connectivity index (χ0n) is 9.95. The minimum Gasteiger partial charge on any atom is -0.294 e. The Labute approximate surface area is 105 Å². The molecule has 0 spiro atoms. The number of fused-ring (bicyclic) bond motifs is 1. The van der Waals surface area contributed by atoms with Crippen molar-refractivity contribution in [1.29, 1.82) is 0 Å². The van der Waals surface area contributed by atoms with Crippen LogP contribution in [0.5, 0.6) is 0 Å². The Balaban J connectivity index is 2.07. The summed E-state index contributed by atoms with van der Waals surface area (Å²) in [6.07, 6.45) is 2.50. The van der Waals surface area contributed by atoms with Gasteiger partial charge < -0.3 is 0 Å². The van der Waals surface area contributed by atoms with Gasteiger partial charge in [0.25, 0.3) is 0 Å². The summed E-state index contributed by atoms with van der Waals surface area (Å²) in [4.78, 5) is 11.7. The van der Waals surface area contributed by atoms with Crippen molar-refractivity contribution in [2.75, 3.05) is 0 Å². The van der Waals surface area contributed by atoms with Crippen LogP contribution in [0.4, 0.5) is 4.39 Å². The third kappa shape index (κ3) is 1.94. The highest BCUT2D eigenvalue weighted by atomic mass is 19.1. The fourth-order valence-corrected chi connectivity index (χ4v) is 2.49. The number of benzene rings is 2. The van der Waals surface area contributed by atoms with Gasteiger partial charge >= 0.3 is 0 Å². The van der Waals surface area contributed by atoms with E-state index in [0.717, 1.165) is 35.1 Å². The molecule has 0 amide bonds. The van der Waals surface area contributed by atoms with E-state index in [0.29, 0.717) is 6.42 Å². The van der Waals surface area contributed by atoms with Crippen LogP contribution in [0, 0.1) is 5.82 Å². The minimum absolute atomic E-state index is 0.224. The van der Waals surface area contributed by atoms with Gasteiger partial charge in [0.15, 0.2) is 5.78 Å². The molecule has 2 aromatic rings. The highest BCUT2D eigenvalue weighted by Gasteiger charge is 2.17. The van der Waals surface area contributed by atoms with Crippen LogP contribution in [0.3, 0.4) is 0 Å². The highest BCUT2D eigenvalue weighted by molar-refractivity contribution is 5.99. The fraction of sp³-hybridized carbons (Fsp3) is 0.188. The third-order valence-corrected chi connectivity index (χ3v) is 3.41. The maximum Gasteiger partial charge on any atom is 0.163 e. The molecule has 0 aliphatic heterocycles. The van der Waals surface area contributed by atoms with E-state index in [1.165, 1.54) is 12.1 Å². The van der Waals surface area contributed by atoms with Crippen LogP contribution in [0.1, 0.15) is 28.8 Å². The van der Waals surface area contributed by atoms with Gasteiger partial charge in [-0.05, 0) is 41.7 Å². The molecule has 90 valence electrons. The Hall–Kier alpha value is -1.96. The molecule has 2 heteroatoms. The molecule has 0 aromatic heterocycles. The minimum atomic E-state index is -0.235. The van der Waals surface area contributed by atoms with E-state index in [4.69, 9.17) is 0 Å². The van der Waals surface area contributed by atoms with Gasteiger partial charge in [-0.1, -0.05) is 30.3 Å². The Morgan fingerprint density at radius 2 is 1.78 bits per heavy atom. The first kappa shape index (κ1) is 11.1. The van der Waals surface area contributed by atoms with Gasteiger partial charge in [0, 0.05) is 12.0 Å². The van der Waals surface area contributed by atoms with Crippen molar-refractivity contribution < 1.29 is 9.18 Å². The second kappa shape index (κ2) is 4.37. The predicted molar refractivity (Wildman–Crippen MR) is 69.1 cm³/mol. The van der Waals surface area contributed by atoms with Crippen molar-refractivity contribution in [3.05, 3.63) is 59.4 Å². The molecule has 2 aromatic carbocycles. The Kier molecular flexibility index (Phi) is 2.71. The van der Waals surface area contributed by atoms with Crippen LogP contribution in [-0.4, -0.2) is 5.78 Å². The quantitative estimate of drug-likeness (QED) is 0.736. The van der Waals surface area contributed by atoms with Crippen molar-refractivity contribution in [3.63, 3.8) is 0 Å². The average molecular weight is 240 g/mol. The third-order valence-electron chi connectivity index (χ3n) is 3.41. The molecule has 0 heterocycles. The Bertz CT molecular complexity index is 616. The van der Waals surface area contributed by atoms with E-state index in [1.54, 1.807) is 6.07 Å². The number of hydrogen-bond donors (Lipinski definition) is 0. The molecule has 0 bridgehead atoms. The first-order chi connectivity index (χ1) is 8.74. The molecule has 1 aliphatic carbocycles. The Morgan fingerprint density at radius 1 is 0.944 bits per heavy atom. The van der Waals surface area contributed by atoms with Crippen molar-refractivity contribution in [3.8, 4) is 11.1 Å². The molecular formula is C16H13FO. The maximum absolute atomic E-state index is 13.2. The van der Waals surface area contributed by atoms with Crippen molar-refractivity contribution in [2.45, 2.75) is 19.3 Å². The van der Waals surface area contributed by atoms with E-state index >= 15 is 0 Å². The predicted octanol–water partition coefficient (Wildman–Crippen LogP) is 4.01. The summed E-state index contributed by atoms with van der Waals surface area (Å²) in [6, 6.07) is 12.3. The monoisotopic (exact) mass is 240 g/mol. The van der Waals surface area contributed by atoms with E-state index in [1.807, 2.05) is 24.3 Å². The maximum atomic E-state index is 13.2. The Morgan fingerprint density at radius 3 is 2.61 bits per heavy atom. The number of hydrogen-bond acceptors (Lipinski definition) is 1. The van der Waals surface area contributed by atoms with Gasteiger partial charge in [0.05, 0.1) is 0 Å². The van der Waals surface area contributed by atoms with Gasteiger partial charge in [-0.3, -0.25) is 4.79 Å². The number of halogens is 1. The van der Waals surface area contributed by atoms with Gasteiger partial charge in [0.1, 0.15) is 5.82 Å². The summed E-state index contributed by atoms with van der Waals surface area (Å²) in [6.45, 7) is 0. The molecule has 0 atom stereocenters. The lowest BCUT2D eigenvalue weighted by molar-refractivity contribution is 0.0972. The second-order valence-electron chi connectivity index (χ2n) is 4.66. The van der Waals surface area contributed by atoms with E-state index < -0.39 is 0 Å². The summed E-state index contributed by atoms with van der Waals surface area (Å²) < 4.78 is 13.2. The van der Waals surface area contributed by atoms with Gasteiger partial charge in [-0.15, -0.1) is 0 Å². The number of ketones is 1. The summed E-state index contributed by atoms with van der Waals surface area (Å²) >= 11 is 0. The number of aryl methyl sites for hydroxylation is 1. The first-order valence-corrected chi connectivity index (χ1v) is 6.16. The van der Waals surface area contributed by atoms with Gasteiger partial charge in [-0.25, -0.2) is 4.39 Å². The number of carbonyl (C=O) groups is 1. The summed E-state index contributed by atoms with van der Waals surface area (Å²) in [5, 5.41) is 0. The molecule has 1 aliphatic rings. The van der Waals surface area contributed by atoms with Crippen LogP contribution in [0.2, 0.25) is 0 Å². The molecule has 0 saturated heterocycles. The largest absolute Gasteiger partial charge is 0.294 e. The van der Waals surface area contributed by atoms with Crippen molar-refractivity contribution in [1.82, 2.24) is 0 Å². The van der Waals surface area contributed by atoms with Crippen LogP contribution in [0.15, 0.2) is 42.5 Å². The number of Topliss-reactive ketones (excluding diaryl/α,β-unsaturated/α-hetero) is 1. The SMILES string of the molecule is O=C1CCCc2cc(-c3cccc(F)c3)ccc21. The summed E-state index contributed by atoms with van der Waals surface area (Å²) in [7, 11) is 0. The summed E-state index contributed by atoms with van der Waals surface area (Å²) in [5.41, 5.74) is 3.76. The lowest BCUT2D eigenvalue weighted by atomic mass is 9.88. The zero-order valence-corrected chi connectivity index (χ0v) is 9.95. The average Bonchev–Trinajstić information content (AvgIpc) is 2.39. The topological polar surface area (TPSA) is 17.1 Å². The molecule has 0 fully saturated rings. The molecular weight excluding hydrogens is 227 g/mol. The van der Waals surface area contributed by atoms with E-state index in [-0.39, 0.29) is 11.6 Å². The fourth-order valence-electron chi connectivity index (χ4n) is 2.49. The van der Waals surface area contributed by atoms with Crippen LogP contribution in [-0.2, 0) is 6.42 Å². The first-order valence-electron chi connectivity index (χ1n) is 6.16. The van der Waals surface area contributed by atoms with Gasteiger partial charge in [-0.2, -0.15) is 0 Å². The smallest absolute Gasteiger partial charge is 0.163 e. The van der Waals surface area contributed by atoms with E-state index in [2.05, 4.69) is 0 Å². The van der Waals surface area contributed by atoms with Crippen LogP contribution >= 0.6 is 0 Å². The lowest BCUT2D eigenvalue weighted by Gasteiger charge is -2.15. The molecule has 0 saturated carbocycles. The number of carbonyl (C=O) groups excluding carboxylic acids is 1. The molecule has 0 radical (unpaired) electrons. The van der Waals surface area contributed by atoms with Gasteiger partial charge in [0.2, 0.25) is 0 Å². The molecule has 1 nitrogen and oxygen atoms in total. The summed E-state index contributed by atoms with van der Waals surface area (Å²) in [5.74, 6) is -0.0108. The van der Waals surface area contributed by atoms with Crippen LogP contribution < -0.4 is 0 Å². The standard InChI is InChI=1S/C16H13FO/c17-14-5-1-3-11(10-14)12-7-8-15-13(9-12)4-2-6-16(15)18/h1,3,5,7-10H,2,4,6H2. The van der Waals surface area contributed by atoms with Crippen LogP contribution in [0.25, 0.3) is 11.1 Å². The normalized spacial score (nSPS) is 14.4. The van der Waals surface area contributed by atoms with Crippen molar-refractivity contribution in [2.24, 2.45) is 0 Å². The van der Waals surface area contributed by atoms with E-state index in [9.17, 15) is 9.18 Å². The molecule has 0 unspecified atom stereocenters. The number of rotatable bonds is 1. The highest BCUT2D eigenvalue weighted by Crippen LogP contribution is 2.27. The second-order valence-corrected chi connectivity index (χ2v) is 4.66. The lowest BCUT2D eigenvalue weighted by Crippen LogP contribution is -2.10. The molecule has 3 rings (SSSR count). The molecule has 0 N–H and O–H groups in total. The van der Waals surface area contributed by atoms with Crippen molar-refractivity contribution >= 4 is 5.78 Å². The zero-order chi connectivity index (χ0) is 12.5. The molecule has 18 heavy (non-hydrogen) atoms.